The summed E-state index contributed by atoms with van der Waals surface area (Å²) in [6.45, 7) is 1.44. The van der Waals surface area contributed by atoms with Crippen molar-refractivity contribution in [1.29, 1.82) is 0 Å². The minimum Gasteiger partial charge on any atom is -0.374 e. The first kappa shape index (κ1) is 16.7. The molecule has 3 heterocycles. The highest BCUT2D eigenvalue weighted by atomic mass is 32.2. The molecule has 0 aliphatic carbocycles. The van der Waals surface area contributed by atoms with E-state index in [2.05, 4.69) is 15.5 Å². The maximum Gasteiger partial charge on any atom is 0.272 e. The Labute approximate surface area is 136 Å². The lowest BCUT2D eigenvalue weighted by atomic mass is 10.2. The lowest BCUT2D eigenvalue weighted by Crippen LogP contribution is -2.53. The zero-order valence-corrected chi connectivity index (χ0v) is 14.4. The van der Waals surface area contributed by atoms with Gasteiger partial charge < -0.3 is 10.1 Å². The Kier molecular flexibility index (Phi) is 4.16. The standard InChI is InChI=1S/C10H14N4O6S3/c1-6(15)11-9-12-13-10(21-9)23(18,19)14-2-3-20-8-5-22(16,17)4-7(8)14/h7-8H,2-5H2,1H3,(H,11,12,15). The molecule has 13 heteroatoms. The van der Waals surface area contributed by atoms with Crippen molar-refractivity contribution in [3.05, 3.63) is 0 Å². The van der Waals surface area contributed by atoms with Crippen molar-refractivity contribution in [2.75, 3.05) is 30.0 Å². The van der Waals surface area contributed by atoms with Crippen molar-refractivity contribution in [1.82, 2.24) is 14.5 Å². The number of nitrogens with one attached hydrogen (secondary N) is 1. The van der Waals surface area contributed by atoms with E-state index < -0.39 is 37.9 Å². The Morgan fingerprint density at radius 1 is 1.39 bits per heavy atom. The number of amides is 1. The first-order chi connectivity index (χ1) is 10.7. The first-order valence-electron chi connectivity index (χ1n) is 6.64. The second kappa shape index (κ2) is 5.73. The van der Waals surface area contributed by atoms with Crippen LogP contribution >= 0.6 is 11.3 Å². The minimum atomic E-state index is -4.00. The SMILES string of the molecule is CC(=O)Nc1nnc(S(=O)(=O)N2CCOC3CS(=O)(=O)CC32)s1. The Balaban J connectivity index is 1.89. The van der Waals surface area contributed by atoms with Gasteiger partial charge in [0, 0.05) is 13.5 Å². The predicted octanol–water partition coefficient (Wildman–Crippen LogP) is -1.32. The van der Waals surface area contributed by atoms with Crippen molar-refractivity contribution in [3.63, 3.8) is 0 Å². The molecule has 0 aromatic carbocycles. The van der Waals surface area contributed by atoms with Gasteiger partial charge in [-0.15, -0.1) is 10.2 Å². The van der Waals surface area contributed by atoms with Crippen LogP contribution in [0.3, 0.4) is 0 Å². The Hall–Kier alpha value is -1.15. The summed E-state index contributed by atoms with van der Waals surface area (Å²) in [6.07, 6.45) is -0.661. The Morgan fingerprint density at radius 2 is 2.13 bits per heavy atom. The van der Waals surface area contributed by atoms with Gasteiger partial charge >= 0.3 is 0 Å². The van der Waals surface area contributed by atoms with E-state index in [0.717, 1.165) is 15.6 Å². The molecule has 2 saturated heterocycles. The van der Waals surface area contributed by atoms with E-state index in [9.17, 15) is 21.6 Å². The fourth-order valence-electron chi connectivity index (χ4n) is 2.60. The highest BCUT2D eigenvalue weighted by Gasteiger charge is 2.49. The summed E-state index contributed by atoms with van der Waals surface area (Å²) in [5.74, 6) is -0.844. The number of hydrogen-bond donors (Lipinski definition) is 1. The topological polar surface area (TPSA) is 136 Å². The van der Waals surface area contributed by atoms with Gasteiger partial charge in [-0.25, -0.2) is 16.8 Å². The average molecular weight is 382 g/mol. The summed E-state index contributed by atoms with van der Waals surface area (Å²) < 4.78 is 55.1. The van der Waals surface area contributed by atoms with Gasteiger partial charge in [0.15, 0.2) is 9.84 Å². The number of sulfonamides is 1. The number of hydrogen-bond acceptors (Lipinski definition) is 9. The van der Waals surface area contributed by atoms with Crippen LogP contribution < -0.4 is 5.32 Å². The molecular formula is C10H14N4O6S3. The van der Waals surface area contributed by atoms with Crippen molar-refractivity contribution in [2.45, 2.75) is 23.4 Å². The number of aromatic nitrogens is 2. The monoisotopic (exact) mass is 382 g/mol. The van der Waals surface area contributed by atoms with Gasteiger partial charge in [-0.2, -0.15) is 4.31 Å². The molecule has 1 aromatic heterocycles. The number of carbonyl (C=O) groups is 1. The molecule has 128 valence electrons. The van der Waals surface area contributed by atoms with Crippen molar-refractivity contribution in [3.8, 4) is 0 Å². The van der Waals surface area contributed by atoms with Crippen molar-refractivity contribution < 1.29 is 26.4 Å². The number of ether oxygens (including phenoxy) is 1. The predicted molar refractivity (Wildman–Crippen MR) is 80.3 cm³/mol. The van der Waals surface area contributed by atoms with E-state index >= 15 is 0 Å². The number of fused-ring (bicyclic) bond motifs is 1. The zero-order chi connectivity index (χ0) is 16.8. The second-order valence-electron chi connectivity index (χ2n) is 5.22. The summed E-state index contributed by atoms with van der Waals surface area (Å²) in [5, 5.41) is 9.64. The van der Waals surface area contributed by atoms with Gasteiger partial charge in [-0.3, -0.25) is 4.79 Å². The van der Waals surface area contributed by atoms with Gasteiger partial charge in [0.25, 0.3) is 10.0 Å². The highest BCUT2D eigenvalue weighted by molar-refractivity contribution is 7.92. The zero-order valence-electron chi connectivity index (χ0n) is 12.0. The molecule has 2 aliphatic rings. The van der Waals surface area contributed by atoms with Crippen LogP contribution in [0.15, 0.2) is 4.34 Å². The van der Waals surface area contributed by atoms with Crippen LogP contribution in [0.1, 0.15) is 6.92 Å². The smallest absolute Gasteiger partial charge is 0.272 e. The summed E-state index contributed by atoms with van der Waals surface area (Å²) >= 11 is 0.722. The molecule has 23 heavy (non-hydrogen) atoms. The fourth-order valence-corrected chi connectivity index (χ4v) is 7.26. The number of nitrogens with zero attached hydrogens (tertiary/aromatic N) is 3. The van der Waals surface area contributed by atoms with Crippen LogP contribution in [-0.4, -0.2) is 74.0 Å². The molecular weight excluding hydrogens is 368 g/mol. The maximum absolute atomic E-state index is 12.7. The molecule has 3 rings (SSSR count). The highest BCUT2D eigenvalue weighted by Crippen LogP contribution is 2.31. The third-order valence-corrected chi connectivity index (χ3v) is 8.30. The lowest BCUT2D eigenvalue weighted by molar-refractivity contribution is -0.114. The molecule has 1 aromatic rings. The second-order valence-corrected chi connectivity index (χ2v) is 10.4. The molecule has 2 aliphatic heterocycles. The number of carbonyl (C=O) groups excluding carboxylic acids is 1. The molecule has 1 N–H and O–H groups in total. The summed E-state index contributed by atoms with van der Waals surface area (Å²) in [5.41, 5.74) is 0. The van der Waals surface area contributed by atoms with E-state index in [-0.39, 0.29) is 34.1 Å². The first-order valence-corrected chi connectivity index (χ1v) is 10.7. The molecule has 1 amide bonds. The quantitative estimate of drug-likeness (QED) is 0.636. The fraction of sp³-hybridized carbons (Fsp3) is 0.700. The van der Waals surface area contributed by atoms with Crippen LogP contribution in [0.4, 0.5) is 5.13 Å². The van der Waals surface area contributed by atoms with Gasteiger partial charge in [-0.05, 0) is 0 Å². The van der Waals surface area contributed by atoms with Crippen LogP contribution in [0.25, 0.3) is 0 Å². The molecule has 0 bridgehead atoms. The summed E-state index contributed by atoms with van der Waals surface area (Å²) in [6, 6.07) is -0.758. The molecule has 0 saturated carbocycles. The number of rotatable bonds is 3. The number of anilines is 1. The lowest BCUT2D eigenvalue weighted by Gasteiger charge is -2.34. The number of morpholine rings is 1. The molecule has 0 radical (unpaired) electrons. The van der Waals surface area contributed by atoms with Crippen LogP contribution in [0.5, 0.6) is 0 Å². The molecule has 2 unspecified atom stereocenters. The van der Waals surface area contributed by atoms with Crippen LogP contribution in [-0.2, 0) is 29.4 Å². The van der Waals surface area contributed by atoms with Gasteiger partial charge in [-0.1, -0.05) is 11.3 Å². The van der Waals surface area contributed by atoms with E-state index in [1.165, 1.54) is 6.92 Å². The van der Waals surface area contributed by atoms with Crippen molar-refractivity contribution >= 4 is 42.2 Å². The largest absolute Gasteiger partial charge is 0.374 e. The van der Waals surface area contributed by atoms with E-state index in [4.69, 9.17) is 4.74 Å². The van der Waals surface area contributed by atoms with Gasteiger partial charge in [0.1, 0.15) is 0 Å². The molecule has 2 atom stereocenters. The van der Waals surface area contributed by atoms with Gasteiger partial charge in [0.05, 0.1) is 30.3 Å². The van der Waals surface area contributed by atoms with Crippen molar-refractivity contribution in [2.24, 2.45) is 0 Å². The summed E-state index contributed by atoms with van der Waals surface area (Å²) in [7, 11) is -7.33. The van der Waals surface area contributed by atoms with Crippen LogP contribution in [0.2, 0.25) is 0 Å². The maximum atomic E-state index is 12.7. The summed E-state index contributed by atoms with van der Waals surface area (Å²) in [4.78, 5) is 11.0. The normalized spacial score (nSPS) is 27.5. The molecule has 2 fully saturated rings. The van der Waals surface area contributed by atoms with Crippen LogP contribution in [0, 0.1) is 0 Å². The van der Waals surface area contributed by atoms with E-state index in [1.807, 2.05) is 0 Å². The number of sulfone groups is 1. The third kappa shape index (κ3) is 3.24. The average Bonchev–Trinajstić information content (AvgIpc) is 2.99. The molecule has 10 nitrogen and oxygen atoms in total. The third-order valence-electron chi connectivity index (χ3n) is 3.50. The van der Waals surface area contributed by atoms with E-state index in [0.29, 0.717) is 0 Å². The molecule has 0 spiro atoms. The van der Waals surface area contributed by atoms with Gasteiger partial charge in [0.2, 0.25) is 15.4 Å². The Bertz CT molecular complexity index is 833. The Morgan fingerprint density at radius 3 is 2.83 bits per heavy atom. The minimum absolute atomic E-state index is 0.0497. The van der Waals surface area contributed by atoms with E-state index in [1.54, 1.807) is 0 Å².